The Kier molecular flexibility index (Phi) is 5.71. The third-order valence-electron chi connectivity index (χ3n) is 6.41. The van der Waals surface area contributed by atoms with Gasteiger partial charge in [-0.1, -0.05) is 6.07 Å². The van der Waals surface area contributed by atoms with Gasteiger partial charge in [-0.2, -0.15) is 5.10 Å². The van der Waals surface area contributed by atoms with E-state index in [1.807, 2.05) is 16.9 Å². The zero-order valence-electron chi connectivity index (χ0n) is 17.0. The molecule has 0 amide bonds. The van der Waals surface area contributed by atoms with E-state index in [9.17, 15) is 5.11 Å². The van der Waals surface area contributed by atoms with Gasteiger partial charge >= 0.3 is 0 Å². The molecule has 0 saturated carbocycles. The van der Waals surface area contributed by atoms with Crippen LogP contribution in [0.5, 0.6) is 5.75 Å². The minimum absolute atomic E-state index is 0.0234. The molecule has 0 bridgehead atoms. The van der Waals surface area contributed by atoms with E-state index in [1.165, 1.54) is 5.56 Å². The quantitative estimate of drug-likeness (QED) is 0.857. The van der Waals surface area contributed by atoms with E-state index in [4.69, 9.17) is 4.74 Å². The third-order valence-corrected chi connectivity index (χ3v) is 6.41. The van der Waals surface area contributed by atoms with Gasteiger partial charge < -0.3 is 14.7 Å². The van der Waals surface area contributed by atoms with Gasteiger partial charge in [0.05, 0.1) is 19.8 Å². The number of nitrogens with zero attached hydrogens (tertiary/aromatic N) is 4. The van der Waals surface area contributed by atoms with Crippen molar-refractivity contribution in [1.82, 2.24) is 19.6 Å². The molecule has 28 heavy (non-hydrogen) atoms. The van der Waals surface area contributed by atoms with E-state index >= 15 is 0 Å². The lowest BCUT2D eigenvalue weighted by Crippen LogP contribution is -2.58. The molecule has 2 aliphatic rings. The van der Waals surface area contributed by atoms with Crippen LogP contribution in [0.15, 0.2) is 36.7 Å². The van der Waals surface area contributed by atoms with Crippen molar-refractivity contribution in [2.24, 2.45) is 5.41 Å². The van der Waals surface area contributed by atoms with Gasteiger partial charge in [0.2, 0.25) is 0 Å². The molecule has 6 heteroatoms. The summed E-state index contributed by atoms with van der Waals surface area (Å²) < 4.78 is 7.48. The Balaban J connectivity index is 1.49. The molecule has 2 atom stereocenters. The Bertz CT molecular complexity index is 779. The van der Waals surface area contributed by atoms with E-state index < -0.39 is 0 Å². The summed E-state index contributed by atoms with van der Waals surface area (Å²) in [6.45, 7) is 5.68. The van der Waals surface area contributed by atoms with Crippen LogP contribution in [0.4, 0.5) is 0 Å². The Morgan fingerprint density at radius 1 is 1.25 bits per heavy atom. The number of benzene rings is 1. The van der Waals surface area contributed by atoms with E-state index in [0.29, 0.717) is 6.54 Å². The molecule has 1 aromatic heterocycles. The maximum atomic E-state index is 10.8. The van der Waals surface area contributed by atoms with Crippen molar-refractivity contribution in [3.63, 3.8) is 0 Å². The molecule has 2 saturated heterocycles. The van der Waals surface area contributed by atoms with Crippen LogP contribution in [-0.2, 0) is 13.1 Å². The van der Waals surface area contributed by atoms with Crippen molar-refractivity contribution in [1.29, 1.82) is 0 Å². The Hall–Kier alpha value is -1.89. The van der Waals surface area contributed by atoms with Gasteiger partial charge in [-0.3, -0.25) is 9.58 Å². The zero-order chi connectivity index (χ0) is 19.6. The molecule has 4 rings (SSSR count). The fourth-order valence-electron chi connectivity index (χ4n) is 5.05. The molecule has 0 unspecified atom stereocenters. The average molecular weight is 385 g/mol. The summed E-state index contributed by atoms with van der Waals surface area (Å²) in [5, 5.41) is 15.1. The van der Waals surface area contributed by atoms with Gasteiger partial charge in [0.25, 0.3) is 0 Å². The molecular formula is C22H32N4O2. The molecule has 2 aliphatic heterocycles. The summed E-state index contributed by atoms with van der Waals surface area (Å²) in [5.41, 5.74) is 2.46. The smallest absolute Gasteiger partial charge is 0.123 e. The van der Waals surface area contributed by atoms with Gasteiger partial charge in [-0.25, -0.2) is 0 Å². The van der Waals surface area contributed by atoms with E-state index in [2.05, 4.69) is 40.1 Å². The van der Waals surface area contributed by atoms with Gasteiger partial charge in [0.15, 0.2) is 0 Å². The number of ether oxygens (including phenoxy) is 1. The lowest BCUT2D eigenvalue weighted by atomic mass is 9.71. The van der Waals surface area contributed by atoms with Crippen molar-refractivity contribution < 1.29 is 9.84 Å². The van der Waals surface area contributed by atoms with Gasteiger partial charge in [0, 0.05) is 49.6 Å². The summed E-state index contributed by atoms with van der Waals surface area (Å²) >= 11 is 0. The topological polar surface area (TPSA) is 53.8 Å². The molecule has 3 heterocycles. The molecule has 1 aromatic carbocycles. The Morgan fingerprint density at radius 2 is 2.14 bits per heavy atom. The predicted octanol–water partition coefficient (Wildman–Crippen LogP) is 2.22. The molecule has 6 nitrogen and oxygen atoms in total. The van der Waals surface area contributed by atoms with Crippen LogP contribution in [0.3, 0.4) is 0 Å². The molecule has 0 radical (unpaired) electrons. The molecule has 2 fully saturated rings. The van der Waals surface area contributed by atoms with Crippen LogP contribution in [0.2, 0.25) is 0 Å². The highest BCUT2D eigenvalue weighted by Gasteiger charge is 2.44. The molecular weight excluding hydrogens is 352 g/mol. The van der Waals surface area contributed by atoms with Crippen LogP contribution < -0.4 is 4.74 Å². The first-order chi connectivity index (χ1) is 13.6. The fourth-order valence-corrected chi connectivity index (χ4v) is 5.05. The standard InChI is InChI=1S/C22H32N4O2/c1-24-12-7-21(27)22(16-24)8-3-10-25(17-22)14-18-5-6-20(28-2)19(13-18)15-26-11-4-9-23-26/h4-6,9,11,13,21,27H,3,7-8,10,12,14-17H2,1-2H3/t21-,22-/m0/s1. The number of aliphatic hydroxyl groups is 1. The summed E-state index contributed by atoms with van der Waals surface area (Å²) in [5.74, 6) is 0.902. The van der Waals surface area contributed by atoms with Crippen molar-refractivity contribution >= 4 is 0 Å². The second-order valence-electron chi connectivity index (χ2n) is 8.57. The summed E-state index contributed by atoms with van der Waals surface area (Å²) in [6, 6.07) is 8.41. The lowest BCUT2D eigenvalue weighted by molar-refractivity contribution is -0.0807. The van der Waals surface area contributed by atoms with Crippen molar-refractivity contribution in [2.45, 2.75) is 38.5 Å². The summed E-state index contributed by atoms with van der Waals surface area (Å²) in [4.78, 5) is 4.90. The maximum absolute atomic E-state index is 10.8. The number of aliphatic hydroxyl groups excluding tert-OH is 1. The van der Waals surface area contributed by atoms with E-state index in [0.717, 1.165) is 63.3 Å². The van der Waals surface area contributed by atoms with Gasteiger partial charge in [-0.05, 0) is 56.6 Å². The van der Waals surface area contributed by atoms with Crippen LogP contribution in [0.1, 0.15) is 30.4 Å². The first kappa shape index (κ1) is 19.4. The second kappa shape index (κ2) is 8.23. The number of hydrogen-bond donors (Lipinski definition) is 1. The minimum atomic E-state index is -0.183. The molecule has 152 valence electrons. The number of hydrogen-bond acceptors (Lipinski definition) is 5. The third kappa shape index (κ3) is 4.09. The zero-order valence-corrected chi connectivity index (χ0v) is 17.0. The fraction of sp³-hybridized carbons (Fsp3) is 0.591. The first-order valence-electron chi connectivity index (χ1n) is 10.3. The number of likely N-dealkylation sites (tertiary alicyclic amines) is 2. The SMILES string of the molecule is COc1ccc(CN2CCC[C@]3(CN(C)CC[C@@H]3O)C2)cc1Cn1cccn1. The highest BCUT2D eigenvalue weighted by Crippen LogP contribution is 2.39. The number of aromatic nitrogens is 2. The van der Waals surface area contributed by atoms with Crippen LogP contribution >= 0.6 is 0 Å². The van der Waals surface area contributed by atoms with Crippen molar-refractivity contribution in [3.05, 3.63) is 47.8 Å². The second-order valence-corrected chi connectivity index (χ2v) is 8.57. The van der Waals surface area contributed by atoms with E-state index in [-0.39, 0.29) is 11.5 Å². The van der Waals surface area contributed by atoms with Crippen LogP contribution in [0.25, 0.3) is 0 Å². The number of rotatable bonds is 5. The Labute approximate surface area is 167 Å². The monoisotopic (exact) mass is 384 g/mol. The van der Waals surface area contributed by atoms with Gasteiger partial charge in [0.1, 0.15) is 5.75 Å². The molecule has 1 N–H and O–H groups in total. The highest BCUT2D eigenvalue weighted by atomic mass is 16.5. The number of piperidine rings is 2. The van der Waals surface area contributed by atoms with Crippen molar-refractivity contribution in [3.8, 4) is 5.75 Å². The van der Waals surface area contributed by atoms with E-state index in [1.54, 1.807) is 13.3 Å². The van der Waals surface area contributed by atoms with Crippen molar-refractivity contribution in [2.75, 3.05) is 40.3 Å². The van der Waals surface area contributed by atoms with Gasteiger partial charge in [-0.15, -0.1) is 0 Å². The lowest BCUT2D eigenvalue weighted by Gasteiger charge is -2.50. The highest BCUT2D eigenvalue weighted by molar-refractivity contribution is 5.37. The minimum Gasteiger partial charge on any atom is -0.496 e. The predicted molar refractivity (Wildman–Crippen MR) is 109 cm³/mol. The normalized spacial score (nSPS) is 26.6. The summed E-state index contributed by atoms with van der Waals surface area (Å²) in [6.07, 6.45) is 6.76. The van der Waals surface area contributed by atoms with Crippen LogP contribution in [-0.4, -0.2) is 71.1 Å². The maximum Gasteiger partial charge on any atom is 0.123 e. The molecule has 2 aromatic rings. The van der Waals surface area contributed by atoms with Crippen LogP contribution in [0, 0.1) is 5.41 Å². The average Bonchev–Trinajstić information content (AvgIpc) is 3.19. The largest absolute Gasteiger partial charge is 0.496 e. The Morgan fingerprint density at radius 3 is 2.93 bits per heavy atom. The molecule has 0 aliphatic carbocycles. The summed E-state index contributed by atoms with van der Waals surface area (Å²) in [7, 11) is 3.90. The first-order valence-corrected chi connectivity index (χ1v) is 10.3. The number of methoxy groups -OCH3 is 1. The molecule has 1 spiro atoms.